The van der Waals surface area contributed by atoms with Gasteiger partial charge in [-0.15, -0.1) is 13.2 Å². The van der Waals surface area contributed by atoms with Crippen LogP contribution in [0.1, 0.15) is 19.3 Å². The van der Waals surface area contributed by atoms with Gasteiger partial charge in [0.05, 0.1) is 18.2 Å². The largest absolute Gasteiger partial charge is 0.573 e. The fourth-order valence-corrected chi connectivity index (χ4v) is 4.21. The minimum Gasteiger partial charge on any atom is -0.406 e. The van der Waals surface area contributed by atoms with Gasteiger partial charge in [0.25, 0.3) is 5.91 Å². The molecule has 2 fully saturated rings. The lowest BCUT2D eigenvalue weighted by Gasteiger charge is -2.34. The van der Waals surface area contributed by atoms with E-state index in [0.717, 1.165) is 22.7 Å². The first-order valence-electron chi connectivity index (χ1n) is 10.5. The van der Waals surface area contributed by atoms with E-state index in [1.165, 1.54) is 12.1 Å². The molecule has 174 valence electrons. The van der Waals surface area contributed by atoms with Crippen LogP contribution in [-0.4, -0.2) is 48.1 Å². The molecule has 7 nitrogen and oxygen atoms in total. The lowest BCUT2D eigenvalue weighted by atomic mass is 9.94. The monoisotopic (exact) mass is 461 g/mol. The number of halogens is 3. The Balaban J connectivity index is 1.35. The summed E-state index contributed by atoms with van der Waals surface area (Å²) in [4.78, 5) is 40.9. The molecule has 2 heterocycles. The number of hydrogen-bond donors (Lipinski definition) is 1. The average Bonchev–Trinajstić information content (AvgIpc) is 3.08. The van der Waals surface area contributed by atoms with Gasteiger partial charge in [0, 0.05) is 11.6 Å². The van der Waals surface area contributed by atoms with Crippen LogP contribution in [0, 0.1) is 5.92 Å². The molecule has 0 bridgehead atoms. The van der Waals surface area contributed by atoms with Crippen LogP contribution < -0.4 is 15.0 Å². The first kappa shape index (κ1) is 22.8. The van der Waals surface area contributed by atoms with E-state index in [4.69, 9.17) is 0 Å². The van der Waals surface area contributed by atoms with E-state index < -0.39 is 30.0 Å². The summed E-state index contributed by atoms with van der Waals surface area (Å²) in [6.07, 6.45) is -3.73. The number of para-hydroxylation sites is 1. The molecule has 2 saturated heterocycles. The second-order valence-electron chi connectivity index (χ2n) is 7.99. The number of carbonyl (C=O) groups excluding carboxylic acids is 3. The van der Waals surface area contributed by atoms with Gasteiger partial charge in [0.1, 0.15) is 5.75 Å². The summed E-state index contributed by atoms with van der Waals surface area (Å²) in [6, 6.07) is 13.1. The molecule has 0 unspecified atom stereocenters. The van der Waals surface area contributed by atoms with Crippen LogP contribution >= 0.6 is 0 Å². The third-order valence-corrected chi connectivity index (χ3v) is 5.83. The van der Waals surface area contributed by atoms with Crippen LogP contribution in [-0.2, 0) is 14.4 Å². The second-order valence-corrected chi connectivity index (χ2v) is 7.99. The Morgan fingerprint density at radius 3 is 2.21 bits per heavy atom. The maximum Gasteiger partial charge on any atom is 0.573 e. The highest BCUT2D eigenvalue weighted by molar-refractivity contribution is 6.22. The SMILES string of the molecule is O=C(Nc1ccccc1)C1CCN([C@@H]2CC(=O)N(c3ccc(OC(F)(F)F)cc3)C2=O)CC1. The van der Waals surface area contributed by atoms with E-state index in [2.05, 4.69) is 10.1 Å². The summed E-state index contributed by atoms with van der Waals surface area (Å²) in [5, 5.41) is 2.89. The topological polar surface area (TPSA) is 79.0 Å². The van der Waals surface area contributed by atoms with Gasteiger partial charge in [0.2, 0.25) is 11.8 Å². The maximum atomic E-state index is 13.0. The highest BCUT2D eigenvalue weighted by Gasteiger charge is 2.44. The summed E-state index contributed by atoms with van der Waals surface area (Å²) in [5.41, 5.74) is 0.919. The molecular weight excluding hydrogens is 439 g/mol. The molecule has 4 rings (SSSR count). The molecule has 10 heteroatoms. The molecule has 1 N–H and O–H groups in total. The van der Waals surface area contributed by atoms with Gasteiger partial charge in [-0.05, 0) is 62.3 Å². The van der Waals surface area contributed by atoms with Gasteiger partial charge in [-0.2, -0.15) is 0 Å². The average molecular weight is 461 g/mol. The third-order valence-electron chi connectivity index (χ3n) is 5.83. The zero-order valence-corrected chi connectivity index (χ0v) is 17.5. The normalized spacial score (nSPS) is 20.2. The molecule has 2 aromatic rings. The number of nitrogens with zero attached hydrogens (tertiary/aromatic N) is 2. The van der Waals surface area contributed by atoms with Crippen molar-refractivity contribution in [1.29, 1.82) is 0 Å². The second kappa shape index (κ2) is 9.22. The van der Waals surface area contributed by atoms with Gasteiger partial charge in [-0.3, -0.25) is 19.3 Å². The smallest absolute Gasteiger partial charge is 0.406 e. The zero-order valence-electron chi connectivity index (χ0n) is 17.5. The summed E-state index contributed by atoms with van der Waals surface area (Å²) in [6.45, 7) is 0.978. The third kappa shape index (κ3) is 5.33. The van der Waals surface area contributed by atoms with Crippen molar-refractivity contribution in [3.05, 3.63) is 54.6 Å². The number of piperidine rings is 1. The summed E-state index contributed by atoms with van der Waals surface area (Å²) in [5.74, 6) is -1.53. The molecule has 2 aliphatic rings. The van der Waals surface area contributed by atoms with Crippen molar-refractivity contribution in [2.45, 2.75) is 31.7 Å². The van der Waals surface area contributed by atoms with Crippen LogP contribution in [0.4, 0.5) is 24.5 Å². The Labute approximate surface area is 188 Å². The number of imide groups is 1. The fraction of sp³-hybridized carbons (Fsp3) is 0.348. The Kier molecular flexibility index (Phi) is 6.37. The van der Waals surface area contributed by atoms with Gasteiger partial charge < -0.3 is 10.1 Å². The van der Waals surface area contributed by atoms with Crippen LogP contribution in [0.2, 0.25) is 0 Å². The van der Waals surface area contributed by atoms with Crippen molar-refractivity contribution in [1.82, 2.24) is 4.90 Å². The summed E-state index contributed by atoms with van der Waals surface area (Å²) in [7, 11) is 0. The minimum absolute atomic E-state index is 0.0134. The molecule has 0 radical (unpaired) electrons. The first-order valence-corrected chi connectivity index (χ1v) is 10.5. The number of ether oxygens (including phenoxy) is 1. The summed E-state index contributed by atoms with van der Waals surface area (Å²) < 4.78 is 40.8. The molecule has 0 aromatic heterocycles. The minimum atomic E-state index is -4.82. The van der Waals surface area contributed by atoms with E-state index in [0.29, 0.717) is 25.9 Å². The highest BCUT2D eigenvalue weighted by atomic mass is 19.4. The number of alkyl halides is 3. The molecule has 0 spiro atoms. The highest BCUT2D eigenvalue weighted by Crippen LogP contribution is 2.31. The number of benzene rings is 2. The lowest BCUT2D eigenvalue weighted by molar-refractivity contribution is -0.274. The summed E-state index contributed by atoms with van der Waals surface area (Å²) >= 11 is 0. The van der Waals surface area contributed by atoms with Crippen LogP contribution in [0.15, 0.2) is 54.6 Å². The van der Waals surface area contributed by atoms with Crippen molar-refractivity contribution in [2.75, 3.05) is 23.3 Å². The van der Waals surface area contributed by atoms with E-state index >= 15 is 0 Å². The van der Waals surface area contributed by atoms with E-state index in [-0.39, 0.29) is 23.9 Å². The number of likely N-dealkylation sites (tertiary alicyclic amines) is 1. The number of rotatable bonds is 5. The number of amides is 3. The van der Waals surface area contributed by atoms with Gasteiger partial charge >= 0.3 is 6.36 Å². The van der Waals surface area contributed by atoms with Crippen molar-refractivity contribution in [2.24, 2.45) is 5.92 Å². The zero-order chi connectivity index (χ0) is 23.6. The van der Waals surface area contributed by atoms with Crippen molar-refractivity contribution in [3.63, 3.8) is 0 Å². The van der Waals surface area contributed by atoms with Crippen molar-refractivity contribution >= 4 is 29.1 Å². The molecule has 0 aliphatic carbocycles. The molecule has 3 amide bonds. The predicted octanol–water partition coefficient (Wildman–Crippen LogP) is 3.57. The molecule has 2 aromatic carbocycles. The maximum absolute atomic E-state index is 13.0. The molecule has 2 aliphatic heterocycles. The van der Waals surface area contributed by atoms with Crippen molar-refractivity contribution in [3.8, 4) is 5.75 Å². The van der Waals surface area contributed by atoms with Crippen molar-refractivity contribution < 1.29 is 32.3 Å². The van der Waals surface area contributed by atoms with Crippen LogP contribution in [0.5, 0.6) is 5.75 Å². The standard InChI is InChI=1S/C23H22F3N3O4/c24-23(25,26)33-18-8-6-17(7-9-18)29-20(30)14-19(22(29)32)28-12-10-15(11-13-28)21(31)27-16-4-2-1-3-5-16/h1-9,15,19H,10-14H2,(H,27,31)/t19-/m1/s1. The van der Waals surface area contributed by atoms with Gasteiger partial charge in [0.15, 0.2) is 0 Å². The van der Waals surface area contributed by atoms with E-state index in [9.17, 15) is 27.6 Å². The molecular formula is C23H22F3N3O4. The molecule has 33 heavy (non-hydrogen) atoms. The van der Waals surface area contributed by atoms with Gasteiger partial charge in [-0.25, -0.2) is 4.90 Å². The Morgan fingerprint density at radius 2 is 1.61 bits per heavy atom. The Hall–Kier alpha value is -3.40. The predicted molar refractivity (Wildman–Crippen MR) is 113 cm³/mol. The van der Waals surface area contributed by atoms with Crippen LogP contribution in [0.3, 0.4) is 0 Å². The quantitative estimate of drug-likeness (QED) is 0.689. The molecule has 0 saturated carbocycles. The molecule has 1 atom stereocenters. The number of nitrogens with one attached hydrogen (secondary N) is 1. The van der Waals surface area contributed by atoms with Crippen LogP contribution in [0.25, 0.3) is 0 Å². The number of anilines is 2. The van der Waals surface area contributed by atoms with E-state index in [1.54, 1.807) is 0 Å². The fourth-order valence-electron chi connectivity index (χ4n) is 4.21. The Morgan fingerprint density at radius 1 is 0.970 bits per heavy atom. The number of hydrogen-bond acceptors (Lipinski definition) is 5. The van der Waals surface area contributed by atoms with E-state index in [1.807, 2.05) is 35.2 Å². The van der Waals surface area contributed by atoms with Gasteiger partial charge in [-0.1, -0.05) is 18.2 Å². The Bertz CT molecular complexity index is 1020. The number of carbonyl (C=O) groups is 3. The lowest BCUT2D eigenvalue weighted by Crippen LogP contribution is -2.47. The first-order chi connectivity index (χ1) is 15.7.